The summed E-state index contributed by atoms with van der Waals surface area (Å²) in [4.78, 5) is 50.5. The number of nitrogens with zero attached hydrogens (tertiary/aromatic N) is 2. The molecule has 0 aliphatic heterocycles. The molecule has 2 saturated carbocycles. The highest BCUT2D eigenvalue weighted by molar-refractivity contribution is 7.36. The molecule has 6 nitrogen and oxygen atoms in total. The Hall–Kier alpha value is -3.62. The van der Waals surface area contributed by atoms with E-state index in [-0.39, 0.29) is 34.3 Å². The molecule has 0 N–H and O–H groups in total. The number of aromatic nitrogens is 2. The van der Waals surface area contributed by atoms with E-state index in [1.165, 1.54) is 36.2 Å². The van der Waals surface area contributed by atoms with Gasteiger partial charge in [0, 0.05) is 12.1 Å². The zero-order valence-electron chi connectivity index (χ0n) is 21.4. The second kappa shape index (κ2) is 9.24. The van der Waals surface area contributed by atoms with Crippen LogP contribution in [0.4, 0.5) is 0 Å². The Labute approximate surface area is 230 Å². The van der Waals surface area contributed by atoms with Crippen molar-refractivity contribution >= 4 is 63.0 Å². The summed E-state index contributed by atoms with van der Waals surface area (Å²) in [7, 11) is 0. The van der Waals surface area contributed by atoms with Crippen LogP contribution in [-0.2, 0) is 0 Å². The maximum atomic E-state index is 12.6. The van der Waals surface area contributed by atoms with Crippen LogP contribution in [-0.4, -0.2) is 9.13 Å². The molecule has 196 valence electrons. The first-order chi connectivity index (χ1) is 18.9. The Kier molecular flexibility index (Phi) is 5.79. The fourth-order valence-corrected chi connectivity index (χ4v) is 8.14. The molecule has 2 aliphatic rings. The molecule has 39 heavy (non-hydrogen) atoms. The third kappa shape index (κ3) is 3.72. The van der Waals surface area contributed by atoms with E-state index in [1.54, 1.807) is 0 Å². The van der Waals surface area contributed by atoms with E-state index >= 15 is 0 Å². The first-order valence-electron chi connectivity index (χ1n) is 13.4. The fraction of sp³-hybridized carbons (Fsp3) is 0.290. The molecule has 2 aliphatic carbocycles. The third-order valence-electron chi connectivity index (χ3n) is 8.39. The van der Waals surface area contributed by atoms with Crippen molar-refractivity contribution in [2.75, 3.05) is 0 Å². The molecule has 3 heterocycles. The molecule has 3 aromatic carbocycles. The molecule has 0 radical (unpaired) electrons. The van der Waals surface area contributed by atoms with Crippen LogP contribution in [0.2, 0.25) is 0 Å². The summed E-state index contributed by atoms with van der Waals surface area (Å²) < 4.78 is 3.96. The lowest BCUT2D eigenvalue weighted by Crippen LogP contribution is -2.33. The van der Waals surface area contributed by atoms with Crippen LogP contribution in [0.25, 0.3) is 40.3 Å². The summed E-state index contributed by atoms with van der Waals surface area (Å²) in [5, 5.41) is 5.37. The van der Waals surface area contributed by atoms with Crippen LogP contribution in [0.3, 0.4) is 0 Å². The van der Waals surface area contributed by atoms with Gasteiger partial charge in [0.05, 0.1) is 0 Å². The van der Waals surface area contributed by atoms with Crippen LogP contribution in [0.5, 0.6) is 0 Å². The Morgan fingerprint density at radius 2 is 0.949 bits per heavy atom. The molecule has 0 saturated heterocycles. The largest absolute Gasteiger partial charge is 0.272 e. The lowest BCUT2D eigenvalue weighted by Gasteiger charge is -2.25. The van der Waals surface area contributed by atoms with Crippen molar-refractivity contribution in [2.45, 2.75) is 57.5 Å². The number of hydrogen-bond acceptors (Lipinski definition) is 6. The second-order valence-electron chi connectivity index (χ2n) is 10.6. The minimum Gasteiger partial charge on any atom is -0.270 e. The number of benzene rings is 3. The minimum atomic E-state index is -0.300. The lowest BCUT2D eigenvalue weighted by atomic mass is 9.93. The van der Waals surface area contributed by atoms with Gasteiger partial charge in [-0.2, -0.15) is 0 Å². The van der Waals surface area contributed by atoms with Gasteiger partial charge in [0.25, 0.3) is 22.2 Å². The number of fused-ring (bicyclic) bond motifs is 4. The van der Waals surface area contributed by atoms with Gasteiger partial charge in [0.15, 0.2) is 0 Å². The highest BCUT2D eigenvalue weighted by atomic mass is 32.1. The van der Waals surface area contributed by atoms with Gasteiger partial charge in [-0.3, -0.25) is 28.3 Å². The quantitative estimate of drug-likeness (QED) is 0.234. The summed E-state index contributed by atoms with van der Waals surface area (Å²) in [6.45, 7) is 2.20. The number of aryl methyl sites for hydroxylation is 1. The molecule has 0 spiro atoms. The van der Waals surface area contributed by atoms with Crippen molar-refractivity contribution in [2.24, 2.45) is 0 Å². The summed E-state index contributed by atoms with van der Waals surface area (Å²) in [5.41, 5.74) is 0.179. The standard InChI is InChI=1S/C16H14N2O4S2.C15H12/c19-13-9-10(14(20)17(13)7-3-1-4-7)24-12-11(23-9)15(21)18(16(12)22)8-5-2-6-8;1-11-14-8-4-2-6-12(14)10-13-7-3-5-9-15(11)13/h7-8H,1-6H2;2-10H,1H3. The topological polar surface area (TPSA) is 78.1 Å². The summed E-state index contributed by atoms with van der Waals surface area (Å²) >= 11 is 2.04. The zero-order chi connectivity index (χ0) is 26.8. The first-order valence-corrected chi connectivity index (χ1v) is 15.0. The predicted molar refractivity (Wildman–Crippen MR) is 161 cm³/mol. The molecule has 8 heteroatoms. The normalized spacial score (nSPS) is 15.9. The number of rotatable bonds is 2. The first kappa shape index (κ1) is 24.4. The Bertz CT molecular complexity index is 1920. The van der Waals surface area contributed by atoms with Crippen molar-refractivity contribution < 1.29 is 0 Å². The van der Waals surface area contributed by atoms with Gasteiger partial charge in [-0.1, -0.05) is 48.5 Å². The average Bonchev–Trinajstić information content (AvgIpc) is 3.27. The molecule has 3 aromatic heterocycles. The Morgan fingerprint density at radius 1 is 0.590 bits per heavy atom. The molecule has 0 amide bonds. The Balaban J connectivity index is 0.000000145. The van der Waals surface area contributed by atoms with Crippen LogP contribution in [0.15, 0.2) is 73.8 Å². The smallest absolute Gasteiger partial charge is 0.270 e. The average molecular weight is 555 g/mol. The summed E-state index contributed by atoms with van der Waals surface area (Å²) in [6, 6.07) is 19.3. The summed E-state index contributed by atoms with van der Waals surface area (Å²) in [5.74, 6) is 0. The second-order valence-corrected chi connectivity index (χ2v) is 12.6. The number of hydrogen-bond donors (Lipinski definition) is 0. The van der Waals surface area contributed by atoms with Crippen molar-refractivity contribution in [3.63, 3.8) is 0 Å². The summed E-state index contributed by atoms with van der Waals surface area (Å²) in [6.07, 6.45) is 5.41. The molecular formula is C31H26N2O4S2. The van der Waals surface area contributed by atoms with E-state index in [0.717, 1.165) is 61.2 Å². The van der Waals surface area contributed by atoms with E-state index in [2.05, 4.69) is 61.5 Å². The molecule has 0 atom stereocenters. The van der Waals surface area contributed by atoms with Gasteiger partial charge in [0.2, 0.25) is 0 Å². The Morgan fingerprint density at radius 3 is 1.28 bits per heavy atom. The maximum absolute atomic E-state index is 12.6. The van der Waals surface area contributed by atoms with Crippen molar-refractivity contribution in [3.8, 4) is 0 Å². The maximum Gasteiger partial charge on any atom is 0.272 e. The van der Waals surface area contributed by atoms with Gasteiger partial charge < -0.3 is 0 Å². The molecule has 8 rings (SSSR count). The molecule has 2 fully saturated rings. The monoisotopic (exact) mass is 554 g/mol. The van der Waals surface area contributed by atoms with Crippen LogP contribution >= 0.6 is 22.7 Å². The SMILES string of the molecule is Cc1c2ccccc2cc2ccccc12.O=c1c2sc3c(=O)n(C4CCC4)c(=O)c3sc2c(=O)n1C1CCC1. The van der Waals surface area contributed by atoms with E-state index in [4.69, 9.17) is 0 Å². The van der Waals surface area contributed by atoms with Gasteiger partial charge in [-0.05, 0) is 78.6 Å². The predicted octanol–water partition coefficient (Wildman–Crippen LogP) is 6.35. The fourth-order valence-electron chi connectivity index (χ4n) is 5.77. The minimum absolute atomic E-state index is 0.0236. The van der Waals surface area contributed by atoms with Gasteiger partial charge in [0.1, 0.15) is 18.8 Å². The van der Waals surface area contributed by atoms with Crippen molar-refractivity contribution in [1.82, 2.24) is 9.13 Å². The molecule has 6 aromatic rings. The van der Waals surface area contributed by atoms with E-state index < -0.39 is 0 Å². The van der Waals surface area contributed by atoms with Gasteiger partial charge in [-0.25, -0.2) is 0 Å². The zero-order valence-corrected chi connectivity index (χ0v) is 23.1. The van der Waals surface area contributed by atoms with Gasteiger partial charge >= 0.3 is 0 Å². The molecular weight excluding hydrogens is 528 g/mol. The van der Waals surface area contributed by atoms with Crippen molar-refractivity contribution in [3.05, 3.63) is 102 Å². The van der Waals surface area contributed by atoms with Crippen LogP contribution in [0, 0.1) is 6.92 Å². The van der Waals surface area contributed by atoms with E-state index in [0.29, 0.717) is 18.8 Å². The highest BCUT2D eigenvalue weighted by Gasteiger charge is 2.30. The third-order valence-corrected chi connectivity index (χ3v) is 11.0. The van der Waals surface area contributed by atoms with Crippen molar-refractivity contribution in [1.29, 1.82) is 0 Å². The lowest BCUT2D eigenvalue weighted by molar-refractivity contribution is 0.304. The molecule has 0 bridgehead atoms. The van der Waals surface area contributed by atoms with E-state index in [1.807, 2.05) is 0 Å². The van der Waals surface area contributed by atoms with E-state index in [9.17, 15) is 19.2 Å². The molecule has 0 unspecified atom stereocenters. The van der Waals surface area contributed by atoms with Crippen LogP contribution < -0.4 is 22.2 Å². The van der Waals surface area contributed by atoms with Gasteiger partial charge in [-0.15, -0.1) is 22.7 Å². The highest BCUT2D eigenvalue weighted by Crippen LogP contribution is 2.34. The van der Waals surface area contributed by atoms with Crippen LogP contribution in [0.1, 0.15) is 56.2 Å².